The average Bonchev–Trinajstić information content (AvgIpc) is 3.78. The molecule has 0 saturated heterocycles. The Morgan fingerprint density at radius 3 is 0.982 bits per heavy atom. The van der Waals surface area contributed by atoms with E-state index in [9.17, 15) is 0 Å². The van der Waals surface area contributed by atoms with Crippen LogP contribution in [0.25, 0.3) is 99.5 Å². The zero-order chi connectivity index (χ0) is 37.0. The average molecular weight is 713 g/mol. The van der Waals surface area contributed by atoms with Crippen LogP contribution in [-0.4, -0.2) is 9.13 Å². The van der Waals surface area contributed by atoms with Crippen molar-refractivity contribution in [3.8, 4) is 55.9 Å². The van der Waals surface area contributed by atoms with Crippen LogP contribution in [0.1, 0.15) is 0 Å². The highest BCUT2D eigenvalue weighted by Crippen LogP contribution is 2.41. The van der Waals surface area contributed by atoms with Gasteiger partial charge >= 0.3 is 0 Å². The van der Waals surface area contributed by atoms with Crippen LogP contribution in [-0.2, 0) is 0 Å². The van der Waals surface area contributed by atoms with Crippen molar-refractivity contribution >= 4 is 43.6 Å². The Bertz CT molecular complexity index is 3090. The fourth-order valence-corrected chi connectivity index (χ4v) is 8.61. The number of hydrogen-bond donors (Lipinski definition) is 0. The van der Waals surface area contributed by atoms with Gasteiger partial charge in [-0.3, -0.25) is 0 Å². The Morgan fingerprint density at radius 2 is 0.536 bits per heavy atom. The van der Waals surface area contributed by atoms with Crippen LogP contribution in [0.5, 0.6) is 0 Å². The fraction of sp³-hybridized carbons (Fsp3) is 0. The summed E-state index contributed by atoms with van der Waals surface area (Å²) in [5, 5.41) is 4.96. The molecule has 0 amide bonds. The van der Waals surface area contributed by atoms with Gasteiger partial charge in [-0.1, -0.05) is 164 Å². The molecule has 0 unspecified atom stereocenters. The SMILES string of the molecule is c1ccc(-c2ccc(-c3cc(-c4ccc(-c5ccccc5)cc4)cc(-n4c5ccccc5c5cc6c(cc54)c4ccccc4n6-c4ccccc4)c3)cc2)cc1. The molecule has 0 fully saturated rings. The third kappa shape index (κ3) is 5.34. The molecule has 0 bridgehead atoms. The van der Waals surface area contributed by atoms with Crippen molar-refractivity contribution in [2.45, 2.75) is 0 Å². The number of benzene rings is 9. The van der Waals surface area contributed by atoms with Gasteiger partial charge in [-0.05, 0) is 99.1 Å². The molecule has 0 saturated carbocycles. The third-order valence-corrected chi connectivity index (χ3v) is 11.3. The minimum atomic E-state index is 1.13. The number of nitrogens with zero attached hydrogens (tertiary/aromatic N) is 2. The lowest BCUT2D eigenvalue weighted by Crippen LogP contribution is -1.96. The number of para-hydroxylation sites is 3. The second-order valence-corrected chi connectivity index (χ2v) is 14.6. The molecule has 11 rings (SSSR count). The summed E-state index contributed by atoms with van der Waals surface area (Å²) >= 11 is 0. The highest BCUT2D eigenvalue weighted by molar-refractivity contribution is 6.19. The molecule has 0 aliphatic rings. The summed E-state index contributed by atoms with van der Waals surface area (Å²) in [5.74, 6) is 0. The van der Waals surface area contributed by atoms with Crippen LogP contribution < -0.4 is 0 Å². The van der Waals surface area contributed by atoms with E-state index in [0.717, 1.165) is 11.4 Å². The van der Waals surface area contributed by atoms with E-state index in [-0.39, 0.29) is 0 Å². The molecule has 56 heavy (non-hydrogen) atoms. The van der Waals surface area contributed by atoms with Crippen molar-refractivity contribution in [1.82, 2.24) is 9.13 Å². The third-order valence-electron chi connectivity index (χ3n) is 11.3. The lowest BCUT2D eigenvalue weighted by Gasteiger charge is -2.15. The molecule has 11 aromatic rings. The minimum absolute atomic E-state index is 1.13. The Kier molecular flexibility index (Phi) is 7.53. The van der Waals surface area contributed by atoms with Crippen molar-refractivity contribution in [3.05, 3.63) is 218 Å². The molecule has 2 nitrogen and oxygen atoms in total. The van der Waals surface area contributed by atoms with Gasteiger partial charge in [-0.2, -0.15) is 0 Å². The van der Waals surface area contributed by atoms with Gasteiger partial charge in [0.25, 0.3) is 0 Å². The summed E-state index contributed by atoms with van der Waals surface area (Å²) in [4.78, 5) is 0. The van der Waals surface area contributed by atoms with Gasteiger partial charge in [-0.25, -0.2) is 0 Å². The molecule has 2 aromatic heterocycles. The summed E-state index contributed by atoms with van der Waals surface area (Å²) in [6.07, 6.45) is 0. The van der Waals surface area contributed by atoms with Gasteiger partial charge < -0.3 is 9.13 Å². The Hall–Kier alpha value is -7.42. The van der Waals surface area contributed by atoms with Crippen LogP contribution in [0.15, 0.2) is 218 Å². The number of rotatable bonds is 6. The van der Waals surface area contributed by atoms with Crippen molar-refractivity contribution in [3.63, 3.8) is 0 Å². The molecule has 0 spiro atoms. The molecule has 0 radical (unpaired) electrons. The zero-order valence-electron chi connectivity index (χ0n) is 30.7. The summed E-state index contributed by atoms with van der Waals surface area (Å²) in [6.45, 7) is 0. The second-order valence-electron chi connectivity index (χ2n) is 14.6. The van der Waals surface area contributed by atoms with Gasteiger partial charge in [-0.15, -0.1) is 0 Å². The lowest BCUT2D eigenvalue weighted by atomic mass is 9.95. The highest BCUT2D eigenvalue weighted by atomic mass is 15.0. The quantitative estimate of drug-likeness (QED) is 0.162. The van der Waals surface area contributed by atoms with E-state index in [1.54, 1.807) is 0 Å². The van der Waals surface area contributed by atoms with Gasteiger partial charge in [0, 0.05) is 32.9 Å². The molecule has 9 aromatic carbocycles. The van der Waals surface area contributed by atoms with Gasteiger partial charge in [0.1, 0.15) is 0 Å². The molecule has 262 valence electrons. The van der Waals surface area contributed by atoms with Crippen LogP contribution in [0.3, 0.4) is 0 Å². The highest BCUT2D eigenvalue weighted by Gasteiger charge is 2.19. The Labute approximate surface area is 325 Å². The molecule has 0 N–H and O–H groups in total. The van der Waals surface area contributed by atoms with E-state index < -0.39 is 0 Å². The minimum Gasteiger partial charge on any atom is -0.309 e. The van der Waals surface area contributed by atoms with Crippen LogP contribution >= 0.6 is 0 Å². The van der Waals surface area contributed by atoms with Crippen LogP contribution in [0, 0.1) is 0 Å². The summed E-state index contributed by atoms with van der Waals surface area (Å²) in [6, 6.07) is 79.5. The maximum atomic E-state index is 2.47. The van der Waals surface area contributed by atoms with E-state index in [2.05, 4.69) is 228 Å². The van der Waals surface area contributed by atoms with E-state index in [4.69, 9.17) is 0 Å². The van der Waals surface area contributed by atoms with E-state index >= 15 is 0 Å². The lowest BCUT2D eigenvalue weighted by molar-refractivity contribution is 1.17. The predicted octanol–water partition coefficient (Wildman–Crippen LogP) is 14.5. The first kappa shape index (κ1) is 32.0. The molecular formula is C54H36N2. The first-order chi connectivity index (χ1) is 27.8. The molecule has 0 atom stereocenters. The van der Waals surface area contributed by atoms with Crippen LogP contribution in [0.4, 0.5) is 0 Å². The number of hydrogen-bond acceptors (Lipinski definition) is 0. The Morgan fingerprint density at radius 1 is 0.196 bits per heavy atom. The molecular weight excluding hydrogens is 677 g/mol. The first-order valence-electron chi connectivity index (χ1n) is 19.3. The van der Waals surface area contributed by atoms with Crippen LogP contribution in [0.2, 0.25) is 0 Å². The van der Waals surface area contributed by atoms with Gasteiger partial charge in [0.05, 0.1) is 22.1 Å². The monoisotopic (exact) mass is 712 g/mol. The zero-order valence-corrected chi connectivity index (χ0v) is 30.7. The number of fused-ring (bicyclic) bond motifs is 6. The topological polar surface area (TPSA) is 9.86 Å². The Balaban J connectivity index is 1.15. The standard InChI is InChI=1S/C54H36N2/c1-4-14-37(15-5-1)39-24-28-41(29-25-39)43-32-44(42-30-26-40(27-31-42)38-16-6-2-7-17-38)34-46(33-43)56-52-23-13-11-21-48(52)50-35-53-49(36-54(50)56)47-20-10-12-22-51(47)55(53)45-18-8-3-9-19-45/h1-36H. The smallest absolute Gasteiger partial charge is 0.0548 e. The molecule has 2 heteroatoms. The summed E-state index contributed by atoms with van der Waals surface area (Å²) in [5.41, 5.74) is 16.7. The van der Waals surface area contributed by atoms with Crippen molar-refractivity contribution in [2.75, 3.05) is 0 Å². The van der Waals surface area contributed by atoms with Gasteiger partial charge in [0.2, 0.25) is 0 Å². The van der Waals surface area contributed by atoms with Crippen molar-refractivity contribution < 1.29 is 0 Å². The molecule has 0 aliphatic carbocycles. The molecule has 0 aliphatic heterocycles. The normalized spacial score (nSPS) is 11.6. The largest absolute Gasteiger partial charge is 0.309 e. The maximum absolute atomic E-state index is 2.47. The summed E-state index contributed by atoms with van der Waals surface area (Å²) in [7, 11) is 0. The maximum Gasteiger partial charge on any atom is 0.0548 e. The van der Waals surface area contributed by atoms with Crippen molar-refractivity contribution in [2.24, 2.45) is 0 Å². The van der Waals surface area contributed by atoms with E-state index in [1.165, 1.54) is 88.1 Å². The van der Waals surface area contributed by atoms with E-state index in [0.29, 0.717) is 0 Å². The second kappa shape index (κ2) is 13.2. The van der Waals surface area contributed by atoms with Gasteiger partial charge in [0.15, 0.2) is 0 Å². The fourth-order valence-electron chi connectivity index (χ4n) is 8.61. The molecule has 2 heterocycles. The van der Waals surface area contributed by atoms with Crippen molar-refractivity contribution in [1.29, 1.82) is 0 Å². The van der Waals surface area contributed by atoms with E-state index in [1.807, 2.05) is 0 Å². The first-order valence-corrected chi connectivity index (χ1v) is 19.3. The summed E-state index contributed by atoms with van der Waals surface area (Å²) < 4.78 is 4.88. The number of aromatic nitrogens is 2. The predicted molar refractivity (Wildman–Crippen MR) is 237 cm³/mol.